The van der Waals surface area contributed by atoms with Crippen LogP contribution in [0.15, 0.2) is 24.3 Å². The second-order valence-electron chi connectivity index (χ2n) is 8.63. The van der Waals surface area contributed by atoms with Gasteiger partial charge in [0.2, 0.25) is 0 Å². The Morgan fingerprint density at radius 1 is 1.06 bits per heavy atom. The summed E-state index contributed by atoms with van der Waals surface area (Å²) in [5, 5.41) is 0. The molecule has 2 unspecified atom stereocenters. The van der Waals surface area contributed by atoms with E-state index in [0.29, 0.717) is 30.2 Å². The van der Waals surface area contributed by atoms with Crippen LogP contribution in [0.5, 0.6) is 5.75 Å². The Morgan fingerprint density at radius 2 is 1.71 bits per heavy atom. The van der Waals surface area contributed by atoms with Crippen molar-refractivity contribution in [2.45, 2.75) is 76.4 Å². The van der Waals surface area contributed by atoms with Gasteiger partial charge in [-0.15, -0.1) is 0 Å². The second kappa shape index (κ2) is 10.3. The maximum atomic E-state index is 14.3. The van der Waals surface area contributed by atoms with E-state index in [1.165, 1.54) is 12.8 Å². The van der Waals surface area contributed by atoms with Gasteiger partial charge in [-0.3, -0.25) is 0 Å². The first kappa shape index (κ1) is 24.0. The predicted molar refractivity (Wildman–Crippen MR) is 104 cm³/mol. The third kappa shape index (κ3) is 6.40. The maximum Gasteiger partial charge on any atom is 0.425 e. The van der Waals surface area contributed by atoms with Gasteiger partial charge in [0.25, 0.3) is 6.08 Å². The van der Waals surface area contributed by atoms with E-state index < -0.39 is 35.6 Å². The van der Waals surface area contributed by atoms with Gasteiger partial charge in [0.15, 0.2) is 17.4 Å². The van der Waals surface area contributed by atoms with Crippen molar-refractivity contribution in [2.24, 2.45) is 11.8 Å². The molecule has 0 spiro atoms. The molecule has 1 aromatic carbocycles. The highest BCUT2D eigenvalue weighted by molar-refractivity contribution is 5.34. The van der Waals surface area contributed by atoms with E-state index >= 15 is 0 Å². The van der Waals surface area contributed by atoms with E-state index in [1.54, 1.807) is 0 Å². The summed E-state index contributed by atoms with van der Waals surface area (Å²) in [4.78, 5) is 0. The molecule has 8 heteroatoms. The van der Waals surface area contributed by atoms with Crippen LogP contribution in [-0.2, 0) is 4.74 Å². The highest BCUT2D eigenvalue weighted by Gasteiger charge is 2.35. The molecule has 0 radical (unpaired) electrons. The van der Waals surface area contributed by atoms with Crippen molar-refractivity contribution in [3.8, 4) is 5.75 Å². The Kier molecular flexibility index (Phi) is 7.94. The van der Waals surface area contributed by atoms with Crippen LogP contribution in [0.25, 0.3) is 0 Å². The molecule has 1 saturated heterocycles. The average Bonchev–Trinajstić information content (AvgIpc) is 2.71. The molecule has 174 valence electrons. The van der Waals surface area contributed by atoms with Gasteiger partial charge in [0, 0.05) is 6.61 Å². The summed E-state index contributed by atoms with van der Waals surface area (Å²) < 4.78 is 89.3. The van der Waals surface area contributed by atoms with Crippen LogP contribution in [0.1, 0.15) is 69.8 Å². The topological polar surface area (TPSA) is 18.5 Å². The number of hydrogen-bond donors (Lipinski definition) is 0. The minimum atomic E-state index is -4.52. The highest BCUT2D eigenvalue weighted by atomic mass is 19.3. The van der Waals surface area contributed by atoms with Gasteiger partial charge < -0.3 is 9.47 Å². The number of benzene rings is 1. The van der Waals surface area contributed by atoms with Crippen molar-refractivity contribution in [3.63, 3.8) is 0 Å². The molecule has 1 aliphatic carbocycles. The monoisotopic (exact) mass is 450 g/mol. The fourth-order valence-electron chi connectivity index (χ4n) is 4.86. The van der Waals surface area contributed by atoms with Crippen LogP contribution in [0.2, 0.25) is 0 Å². The Morgan fingerprint density at radius 3 is 2.23 bits per heavy atom. The van der Waals surface area contributed by atoms with Crippen molar-refractivity contribution < 1.29 is 35.8 Å². The first-order chi connectivity index (χ1) is 14.7. The minimum absolute atomic E-state index is 0.102. The molecule has 0 amide bonds. The standard InChI is InChI=1S/C23H28F6O2/c1-2-3-14-4-9-20(30-13-14)16-7-5-15(6-8-16)17-10-18(24)22(19(25)11-17)31-23(28,29)12-21(26)27/h10-12,14-16,20H,2-9,13H2,1H3. The zero-order chi connectivity index (χ0) is 22.6. The molecule has 2 aliphatic rings. The summed E-state index contributed by atoms with van der Waals surface area (Å²) in [6, 6.07) is 1.92. The molecule has 2 nitrogen and oxygen atoms in total. The molecule has 3 rings (SSSR count). The van der Waals surface area contributed by atoms with E-state index in [1.807, 2.05) is 0 Å². The Labute approximate surface area is 178 Å². The number of halogens is 6. The van der Waals surface area contributed by atoms with Gasteiger partial charge in [-0.05, 0) is 80.4 Å². The first-order valence-corrected chi connectivity index (χ1v) is 10.9. The molecule has 0 bridgehead atoms. The zero-order valence-corrected chi connectivity index (χ0v) is 17.5. The minimum Gasteiger partial charge on any atom is -0.423 e. The molecule has 31 heavy (non-hydrogen) atoms. The Balaban J connectivity index is 1.59. The molecular weight excluding hydrogens is 422 g/mol. The molecule has 1 aromatic rings. The van der Waals surface area contributed by atoms with Crippen molar-refractivity contribution in [3.05, 3.63) is 41.5 Å². The second-order valence-corrected chi connectivity index (χ2v) is 8.63. The third-order valence-electron chi connectivity index (χ3n) is 6.41. The van der Waals surface area contributed by atoms with Crippen LogP contribution in [-0.4, -0.2) is 18.8 Å². The van der Waals surface area contributed by atoms with Crippen LogP contribution >= 0.6 is 0 Å². The number of ether oxygens (including phenoxy) is 2. The largest absolute Gasteiger partial charge is 0.425 e. The van der Waals surface area contributed by atoms with Gasteiger partial charge >= 0.3 is 6.11 Å². The van der Waals surface area contributed by atoms with E-state index in [0.717, 1.165) is 44.4 Å². The van der Waals surface area contributed by atoms with E-state index in [9.17, 15) is 26.3 Å². The average molecular weight is 450 g/mol. The molecule has 2 atom stereocenters. The van der Waals surface area contributed by atoms with Gasteiger partial charge in [-0.25, -0.2) is 8.78 Å². The van der Waals surface area contributed by atoms with Gasteiger partial charge in [-0.2, -0.15) is 17.6 Å². The Bertz CT molecular complexity index is 738. The molecule has 1 heterocycles. The summed E-state index contributed by atoms with van der Waals surface area (Å²) in [7, 11) is 0. The first-order valence-electron chi connectivity index (χ1n) is 10.9. The third-order valence-corrected chi connectivity index (χ3v) is 6.41. The number of hydrogen-bond acceptors (Lipinski definition) is 2. The quantitative estimate of drug-likeness (QED) is 0.399. The normalized spacial score (nSPS) is 27.1. The summed E-state index contributed by atoms with van der Waals surface area (Å²) in [5.41, 5.74) is 0.365. The lowest BCUT2D eigenvalue weighted by molar-refractivity contribution is -0.137. The van der Waals surface area contributed by atoms with Crippen molar-refractivity contribution in [1.29, 1.82) is 0 Å². The lowest BCUT2D eigenvalue weighted by Crippen LogP contribution is -2.34. The van der Waals surface area contributed by atoms with Crippen molar-refractivity contribution in [2.75, 3.05) is 6.61 Å². The summed E-state index contributed by atoms with van der Waals surface area (Å²) in [6.45, 7) is 2.96. The van der Waals surface area contributed by atoms with Crippen molar-refractivity contribution in [1.82, 2.24) is 0 Å². The highest BCUT2D eigenvalue weighted by Crippen LogP contribution is 2.42. The zero-order valence-electron chi connectivity index (χ0n) is 17.5. The van der Waals surface area contributed by atoms with Crippen LogP contribution in [0, 0.1) is 23.5 Å². The molecular formula is C23H28F6O2. The fourth-order valence-corrected chi connectivity index (χ4v) is 4.86. The van der Waals surface area contributed by atoms with E-state index in [4.69, 9.17) is 4.74 Å². The lowest BCUT2D eigenvalue weighted by Gasteiger charge is -2.38. The summed E-state index contributed by atoms with van der Waals surface area (Å²) >= 11 is 0. The van der Waals surface area contributed by atoms with Gasteiger partial charge in [0.1, 0.15) is 0 Å². The van der Waals surface area contributed by atoms with Crippen molar-refractivity contribution >= 4 is 0 Å². The Hall–Kier alpha value is -1.70. The smallest absolute Gasteiger partial charge is 0.423 e. The maximum absolute atomic E-state index is 14.3. The molecule has 1 aliphatic heterocycles. The van der Waals surface area contributed by atoms with E-state index in [-0.39, 0.29) is 12.0 Å². The predicted octanol–water partition coefficient (Wildman–Crippen LogP) is 7.59. The molecule has 1 saturated carbocycles. The van der Waals surface area contributed by atoms with E-state index in [2.05, 4.69) is 11.7 Å². The summed E-state index contributed by atoms with van der Waals surface area (Å²) in [5.74, 6) is -3.08. The molecule has 0 N–H and O–H groups in total. The van der Waals surface area contributed by atoms with Crippen LogP contribution in [0.4, 0.5) is 26.3 Å². The SMILES string of the molecule is CCCC1CCC(C2CCC(c3cc(F)c(OC(F)(F)C=C(F)F)c(F)c3)CC2)OC1. The van der Waals surface area contributed by atoms with Gasteiger partial charge in [-0.1, -0.05) is 13.3 Å². The fraction of sp³-hybridized carbons (Fsp3) is 0.652. The van der Waals surface area contributed by atoms with Crippen LogP contribution in [0.3, 0.4) is 0 Å². The number of alkyl halides is 2. The van der Waals surface area contributed by atoms with Crippen LogP contribution < -0.4 is 4.74 Å². The molecule has 2 fully saturated rings. The number of rotatable bonds is 7. The molecule has 0 aromatic heterocycles. The summed E-state index contributed by atoms with van der Waals surface area (Å²) in [6.07, 6.45) is -0.0756. The van der Waals surface area contributed by atoms with Gasteiger partial charge in [0.05, 0.1) is 12.2 Å². The lowest BCUT2D eigenvalue weighted by atomic mass is 9.75.